The molecule has 6 heteroatoms. The van der Waals surface area contributed by atoms with Crippen molar-refractivity contribution in [2.75, 3.05) is 19.6 Å². The number of methoxy groups -OCH3 is 1. The Morgan fingerprint density at radius 3 is 2.27 bits per heavy atom. The number of ether oxygens (including phenoxy) is 1. The zero-order valence-corrected chi connectivity index (χ0v) is 18.4. The van der Waals surface area contributed by atoms with Gasteiger partial charge in [-0.05, 0) is 30.7 Å². The molecule has 0 aliphatic heterocycles. The van der Waals surface area contributed by atoms with E-state index in [2.05, 4.69) is 17.6 Å². The maximum Gasteiger partial charge on any atom is 0.280 e. The SMILES string of the molecule is CO/C(O)=C(\C=C\[S+](C)C)C(c1ccccc1)c1c(C)[nH]n(-c2ccccc2)c1=O. The number of hydrogen-bond acceptors (Lipinski definition) is 3. The summed E-state index contributed by atoms with van der Waals surface area (Å²) in [5, 5.41) is 15.8. The number of benzene rings is 2. The molecular formula is C24H27N2O3S+. The molecule has 3 rings (SSSR count). The molecule has 1 unspecified atom stereocenters. The van der Waals surface area contributed by atoms with Gasteiger partial charge in [-0.1, -0.05) is 48.5 Å². The first-order chi connectivity index (χ1) is 14.4. The van der Waals surface area contributed by atoms with Gasteiger partial charge in [-0.2, -0.15) is 0 Å². The summed E-state index contributed by atoms with van der Waals surface area (Å²) in [5.41, 5.74) is 3.34. The Kier molecular flexibility index (Phi) is 6.90. The van der Waals surface area contributed by atoms with Gasteiger partial charge in [-0.25, -0.2) is 4.68 Å². The molecule has 5 nitrogen and oxygen atoms in total. The molecule has 1 atom stereocenters. The standard InChI is InChI=1S/C24H26N2O3S/c1-17-21(23(27)26(25-17)19-13-9-6-10-14-19)22(18-11-7-5-8-12-18)20(24(28)29-2)15-16-30(3)4/h5-16,22H,1-4H3,(H-,25,27,28)/p+1/b16-15+,24-20+. The number of nitrogens with one attached hydrogen (secondary N) is 1. The van der Waals surface area contributed by atoms with Gasteiger partial charge in [0.05, 0.1) is 18.4 Å². The van der Waals surface area contributed by atoms with E-state index < -0.39 is 5.92 Å². The molecular weight excluding hydrogens is 396 g/mol. The Morgan fingerprint density at radius 2 is 1.70 bits per heavy atom. The van der Waals surface area contributed by atoms with Crippen LogP contribution in [0, 0.1) is 6.92 Å². The van der Waals surface area contributed by atoms with E-state index in [4.69, 9.17) is 4.74 Å². The van der Waals surface area contributed by atoms with Gasteiger partial charge >= 0.3 is 0 Å². The number of para-hydroxylation sites is 1. The summed E-state index contributed by atoms with van der Waals surface area (Å²) in [6.45, 7) is 1.88. The summed E-state index contributed by atoms with van der Waals surface area (Å²) < 4.78 is 6.75. The van der Waals surface area contributed by atoms with Crippen molar-refractivity contribution in [1.29, 1.82) is 0 Å². The number of aliphatic hydroxyl groups is 1. The second-order valence-corrected chi connectivity index (χ2v) is 9.15. The van der Waals surface area contributed by atoms with Crippen LogP contribution in [-0.2, 0) is 15.6 Å². The monoisotopic (exact) mass is 423 g/mol. The Hall–Kier alpha value is -3.12. The first kappa shape index (κ1) is 21.6. The molecule has 0 aliphatic carbocycles. The van der Waals surface area contributed by atoms with Crippen LogP contribution in [-0.4, -0.2) is 34.5 Å². The summed E-state index contributed by atoms with van der Waals surface area (Å²) in [6, 6.07) is 19.1. The van der Waals surface area contributed by atoms with Crippen LogP contribution in [0.5, 0.6) is 0 Å². The van der Waals surface area contributed by atoms with Gasteiger partial charge in [0.15, 0.2) is 0 Å². The van der Waals surface area contributed by atoms with E-state index in [-0.39, 0.29) is 22.4 Å². The number of aromatic amines is 1. The fraction of sp³-hybridized carbons (Fsp3) is 0.208. The van der Waals surface area contributed by atoms with Gasteiger partial charge in [-0.3, -0.25) is 9.89 Å². The molecule has 2 aromatic carbocycles. The minimum absolute atomic E-state index is 0.00827. The van der Waals surface area contributed by atoms with Crippen molar-refractivity contribution in [1.82, 2.24) is 9.78 Å². The van der Waals surface area contributed by atoms with Gasteiger partial charge < -0.3 is 9.84 Å². The Bertz CT molecular complexity index is 1100. The average molecular weight is 424 g/mol. The van der Waals surface area contributed by atoms with Crippen molar-refractivity contribution >= 4 is 10.9 Å². The van der Waals surface area contributed by atoms with Crippen molar-refractivity contribution in [2.45, 2.75) is 12.8 Å². The Balaban J connectivity index is 2.27. The molecule has 0 fully saturated rings. The predicted molar refractivity (Wildman–Crippen MR) is 124 cm³/mol. The molecule has 0 bridgehead atoms. The topological polar surface area (TPSA) is 67.2 Å². The van der Waals surface area contributed by atoms with E-state index in [0.717, 1.165) is 16.9 Å². The molecule has 0 aliphatic rings. The summed E-state index contributed by atoms with van der Waals surface area (Å²) in [4.78, 5) is 13.5. The lowest BCUT2D eigenvalue weighted by molar-refractivity contribution is 0.131. The van der Waals surface area contributed by atoms with Crippen LogP contribution in [0.4, 0.5) is 0 Å². The van der Waals surface area contributed by atoms with Crippen LogP contribution >= 0.6 is 0 Å². The van der Waals surface area contributed by atoms with Crippen molar-refractivity contribution in [3.05, 3.63) is 111 Å². The molecule has 156 valence electrons. The highest BCUT2D eigenvalue weighted by atomic mass is 32.2. The smallest absolute Gasteiger partial charge is 0.280 e. The highest BCUT2D eigenvalue weighted by Gasteiger charge is 2.29. The van der Waals surface area contributed by atoms with Crippen molar-refractivity contribution < 1.29 is 9.84 Å². The van der Waals surface area contributed by atoms with Crippen LogP contribution in [0.25, 0.3) is 5.69 Å². The number of aromatic nitrogens is 2. The van der Waals surface area contributed by atoms with Gasteiger partial charge in [0, 0.05) is 28.1 Å². The summed E-state index contributed by atoms with van der Waals surface area (Å²) in [7, 11) is 1.43. The van der Waals surface area contributed by atoms with Gasteiger partial charge in [0.25, 0.3) is 11.5 Å². The normalized spacial score (nSPS) is 13.5. The van der Waals surface area contributed by atoms with Gasteiger partial charge in [0.2, 0.25) is 0 Å². The third kappa shape index (κ3) is 4.54. The third-order valence-electron chi connectivity index (χ3n) is 4.82. The highest BCUT2D eigenvalue weighted by Crippen LogP contribution is 2.34. The maximum atomic E-state index is 13.5. The number of hydrogen-bond donors (Lipinski definition) is 2. The van der Waals surface area contributed by atoms with Crippen LogP contribution in [0.15, 0.2) is 88.5 Å². The molecule has 1 heterocycles. The van der Waals surface area contributed by atoms with E-state index in [1.165, 1.54) is 11.8 Å². The van der Waals surface area contributed by atoms with Crippen LogP contribution in [0.2, 0.25) is 0 Å². The summed E-state index contributed by atoms with van der Waals surface area (Å²) in [6.07, 6.45) is 6.03. The van der Waals surface area contributed by atoms with Gasteiger partial charge in [-0.15, -0.1) is 0 Å². The highest BCUT2D eigenvalue weighted by molar-refractivity contribution is 7.98. The lowest BCUT2D eigenvalue weighted by Gasteiger charge is -2.18. The first-order valence-corrected chi connectivity index (χ1v) is 11.7. The predicted octanol–water partition coefficient (Wildman–Crippen LogP) is 4.41. The molecule has 1 aromatic heterocycles. The fourth-order valence-corrected chi connectivity index (χ4v) is 3.84. The number of nitrogens with zero attached hydrogens (tertiary/aromatic N) is 1. The number of allylic oxidation sites excluding steroid dienone is 2. The number of H-pyrrole nitrogens is 1. The Labute approximate surface area is 179 Å². The molecule has 3 aromatic rings. The molecule has 0 radical (unpaired) electrons. The van der Waals surface area contributed by atoms with E-state index in [1.807, 2.05) is 79.1 Å². The fourth-order valence-electron chi connectivity index (χ4n) is 3.42. The zero-order chi connectivity index (χ0) is 21.7. The Morgan fingerprint density at radius 1 is 1.10 bits per heavy atom. The number of rotatable bonds is 7. The van der Waals surface area contributed by atoms with E-state index >= 15 is 0 Å². The van der Waals surface area contributed by atoms with Gasteiger partial charge in [0.1, 0.15) is 17.9 Å². The van der Waals surface area contributed by atoms with Crippen molar-refractivity contribution in [2.24, 2.45) is 0 Å². The van der Waals surface area contributed by atoms with Crippen LogP contribution in [0.3, 0.4) is 0 Å². The largest absolute Gasteiger partial charge is 0.481 e. The molecule has 0 saturated heterocycles. The number of aryl methyl sites for hydroxylation is 1. The quantitative estimate of drug-likeness (QED) is 0.336. The minimum Gasteiger partial charge on any atom is -0.481 e. The van der Waals surface area contributed by atoms with Crippen LogP contribution < -0.4 is 5.56 Å². The molecule has 0 amide bonds. The minimum atomic E-state index is -0.486. The van der Waals surface area contributed by atoms with E-state index in [9.17, 15) is 9.90 Å². The second kappa shape index (κ2) is 9.59. The average Bonchev–Trinajstić information content (AvgIpc) is 3.05. The molecule has 30 heavy (non-hydrogen) atoms. The third-order valence-corrected chi connectivity index (χ3v) is 5.50. The lowest BCUT2D eigenvalue weighted by Crippen LogP contribution is -2.21. The summed E-state index contributed by atoms with van der Waals surface area (Å²) in [5.74, 6) is -0.684. The van der Waals surface area contributed by atoms with E-state index in [0.29, 0.717) is 11.1 Å². The second-order valence-electron chi connectivity index (χ2n) is 7.12. The zero-order valence-electron chi connectivity index (χ0n) is 17.6. The first-order valence-electron chi connectivity index (χ1n) is 9.57. The van der Waals surface area contributed by atoms with E-state index in [1.54, 1.807) is 0 Å². The van der Waals surface area contributed by atoms with Crippen LogP contribution in [0.1, 0.15) is 22.7 Å². The molecule has 0 spiro atoms. The van der Waals surface area contributed by atoms with Crippen molar-refractivity contribution in [3.8, 4) is 5.69 Å². The van der Waals surface area contributed by atoms with Crippen molar-refractivity contribution in [3.63, 3.8) is 0 Å². The summed E-state index contributed by atoms with van der Waals surface area (Å²) >= 11 is 0. The molecule has 2 N–H and O–H groups in total. The maximum absolute atomic E-state index is 13.5. The lowest BCUT2D eigenvalue weighted by atomic mass is 9.85. The number of aliphatic hydroxyl groups excluding tert-OH is 1. The molecule has 0 saturated carbocycles.